The van der Waals surface area contributed by atoms with Gasteiger partial charge in [-0.15, -0.1) is 0 Å². The van der Waals surface area contributed by atoms with Crippen molar-refractivity contribution < 1.29 is 28.2 Å². The Kier molecular flexibility index (Phi) is 6.50. The number of benzene rings is 1. The summed E-state index contributed by atoms with van der Waals surface area (Å²) in [5.74, 6) is 0.835. The second-order valence-electron chi connectivity index (χ2n) is 7.50. The normalized spacial score (nSPS) is 17.7. The zero-order chi connectivity index (χ0) is 21.1. The van der Waals surface area contributed by atoms with Crippen molar-refractivity contribution in [3.63, 3.8) is 0 Å². The first-order chi connectivity index (χ1) is 13.6. The lowest BCUT2D eigenvalue weighted by Gasteiger charge is -2.23. The van der Waals surface area contributed by atoms with Crippen LogP contribution in [0.5, 0.6) is 0 Å². The van der Waals surface area contributed by atoms with Gasteiger partial charge in [0.2, 0.25) is 17.6 Å². The molecule has 1 aromatic carbocycles. The number of phosphoric acid groups is 1. The largest absolute Gasteiger partial charge is 0.469 e. The van der Waals surface area contributed by atoms with E-state index in [9.17, 15) is 9.36 Å². The summed E-state index contributed by atoms with van der Waals surface area (Å²) in [6.07, 6.45) is 5.73. The van der Waals surface area contributed by atoms with Gasteiger partial charge in [-0.05, 0) is 44.0 Å². The van der Waals surface area contributed by atoms with E-state index in [4.69, 9.17) is 20.0 Å². The summed E-state index contributed by atoms with van der Waals surface area (Å²) < 4.78 is 20.6. The monoisotopic (exact) mass is 424 g/mol. The molecule has 0 aliphatic heterocycles. The number of nitrogens with one attached hydrogen (secondary N) is 1. The number of amides is 1. The lowest BCUT2D eigenvalue weighted by molar-refractivity contribution is -0.121. The van der Waals surface area contributed by atoms with Crippen LogP contribution in [0.15, 0.2) is 28.8 Å². The molecular formula is C18H25N4O6P. The van der Waals surface area contributed by atoms with Crippen molar-refractivity contribution in [3.8, 4) is 11.4 Å². The Morgan fingerprint density at radius 3 is 2.59 bits per heavy atom. The van der Waals surface area contributed by atoms with Crippen LogP contribution in [0.4, 0.5) is 5.69 Å². The minimum Gasteiger partial charge on any atom is -0.339 e. The van der Waals surface area contributed by atoms with Crippen LogP contribution in [0.3, 0.4) is 0 Å². The molecule has 0 unspecified atom stereocenters. The first kappa shape index (κ1) is 21.6. The Morgan fingerprint density at radius 2 is 1.97 bits per heavy atom. The highest BCUT2D eigenvalue weighted by atomic mass is 31.2. The molecule has 11 heteroatoms. The van der Waals surface area contributed by atoms with Crippen LogP contribution in [0.2, 0.25) is 0 Å². The van der Waals surface area contributed by atoms with E-state index in [1.54, 1.807) is 24.3 Å². The van der Waals surface area contributed by atoms with Crippen LogP contribution in [0.1, 0.15) is 50.8 Å². The fraction of sp³-hybridized carbons (Fsp3) is 0.500. The zero-order valence-corrected chi connectivity index (χ0v) is 17.0. The fourth-order valence-corrected chi connectivity index (χ4v) is 3.56. The molecule has 1 fully saturated rings. The van der Waals surface area contributed by atoms with E-state index in [0.717, 1.165) is 18.4 Å². The van der Waals surface area contributed by atoms with E-state index in [1.165, 1.54) is 26.2 Å². The number of anilines is 1. The van der Waals surface area contributed by atoms with Crippen molar-refractivity contribution in [1.82, 2.24) is 10.1 Å². The SMILES string of the molecule is C[C@](N)(COP(=O)(O)O)C(=O)Nc1ccc(-c2noc(C3CCCCC3)n2)cc1. The van der Waals surface area contributed by atoms with Crippen molar-refractivity contribution in [2.45, 2.75) is 50.5 Å². The van der Waals surface area contributed by atoms with Gasteiger partial charge in [0.05, 0.1) is 6.61 Å². The molecule has 0 bridgehead atoms. The molecule has 0 saturated heterocycles. The van der Waals surface area contributed by atoms with Crippen LogP contribution >= 0.6 is 7.82 Å². The number of rotatable bonds is 7. The summed E-state index contributed by atoms with van der Waals surface area (Å²) in [5, 5.41) is 6.65. The van der Waals surface area contributed by atoms with E-state index in [1.807, 2.05) is 0 Å². The highest BCUT2D eigenvalue weighted by Gasteiger charge is 2.32. The Hall–Kier alpha value is -2.10. The van der Waals surface area contributed by atoms with Gasteiger partial charge in [-0.1, -0.05) is 24.4 Å². The minimum absolute atomic E-state index is 0.321. The third kappa shape index (κ3) is 5.94. The molecule has 0 spiro atoms. The van der Waals surface area contributed by atoms with E-state index < -0.39 is 25.9 Å². The second kappa shape index (κ2) is 8.73. The van der Waals surface area contributed by atoms with Crippen LogP contribution in [0, 0.1) is 0 Å². The molecule has 0 radical (unpaired) electrons. The molecule has 1 atom stereocenters. The molecule has 1 aromatic heterocycles. The molecule has 1 aliphatic carbocycles. The Labute approximate surface area is 168 Å². The molecule has 10 nitrogen and oxygen atoms in total. The topological polar surface area (TPSA) is 161 Å². The number of nitrogens with zero attached hydrogens (tertiary/aromatic N) is 2. The molecule has 3 rings (SSSR count). The average Bonchev–Trinajstić information content (AvgIpc) is 3.17. The van der Waals surface area contributed by atoms with Gasteiger partial charge in [-0.25, -0.2) is 4.57 Å². The van der Waals surface area contributed by atoms with Gasteiger partial charge in [0.1, 0.15) is 5.54 Å². The summed E-state index contributed by atoms with van der Waals surface area (Å²) in [4.78, 5) is 34.3. The highest BCUT2D eigenvalue weighted by Crippen LogP contribution is 2.36. The summed E-state index contributed by atoms with van der Waals surface area (Å²) in [7, 11) is -4.72. The third-order valence-corrected chi connectivity index (χ3v) is 5.31. The highest BCUT2D eigenvalue weighted by molar-refractivity contribution is 7.46. The van der Waals surface area contributed by atoms with Crippen molar-refractivity contribution >= 4 is 19.4 Å². The molecule has 1 amide bonds. The van der Waals surface area contributed by atoms with E-state index in [2.05, 4.69) is 20.0 Å². The Balaban J connectivity index is 1.62. The van der Waals surface area contributed by atoms with Crippen molar-refractivity contribution in [1.29, 1.82) is 0 Å². The van der Waals surface area contributed by atoms with Crippen molar-refractivity contribution in [3.05, 3.63) is 30.2 Å². The van der Waals surface area contributed by atoms with Crippen LogP contribution in [0.25, 0.3) is 11.4 Å². The number of hydrogen-bond acceptors (Lipinski definition) is 7. The third-order valence-electron chi connectivity index (χ3n) is 4.85. The first-order valence-corrected chi connectivity index (χ1v) is 10.9. The van der Waals surface area contributed by atoms with Gasteiger partial charge in [0.15, 0.2) is 0 Å². The molecule has 1 heterocycles. The van der Waals surface area contributed by atoms with Crippen LogP contribution < -0.4 is 11.1 Å². The standard InChI is InChI=1S/C18H25N4O6P/c1-18(19,11-27-29(24,25)26)17(23)20-14-9-7-12(8-10-14)15-21-16(28-22-15)13-5-3-2-4-6-13/h7-10,13H,2-6,11,19H2,1H3,(H,20,23)(H2,24,25,26)/t18-/m0/s1. The number of carbonyl (C=O) groups is 1. The van der Waals surface area contributed by atoms with E-state index in [0.29, 0.717) is 23.3 Å². The molecule has 1 aliphatic rings. The molecule has 158 valence electrons. The molecular weight excluding hydrogens is 399 g/mol. The average molecular weight is 424 g/mol. The van der Waals surface area contributed by atoms with E-state index in [-0.39, 0.29) is 0 Å². The number of aromatic nitrogens is 2. The Morgan fingerprint density at radius 1 is 1.31 bits per heavy atom. The predicted octanol–water partition coefficient (Wildman–Crippen LogP) is 2.55. The maximum atomic E-state index is 12.3. The zero-order valence-electron chi connectivity index (χ0n) is 16.1. The fourth-order valence-electron chi connectivity index (χ4n) is 3.13. The maximum Gasteiger partial charge on any atom is 0.469 e. The van der Waals surface area contributed by atoms with Crippen molar-refractivity contribution in [2.24, 2.45) is 5.73 Å². The van der Waals surface area contributed by atoms with Gasteiger partial charge in [0.25, 0.3) is 0 Å². The number of hydrogen-bond donors (Lipinski definition) is 4. The predicted molar refractivity (Wildman–Crippen MR) is 105 cm³/mol. The van der Waals surface area contributed by atoms with Gasteiger partial charge < -0.3 is 25.4 Å². The van der Waals surface area contributed by atoms with Gasteiger partial charge in [0, 0.05) is 17.2 Å². The summed E-state index contributed by atoms with van der Waals surface area (Å²) in [6.45, 7) is 0.687. The number of nitrogens with two attached hydrogens (primary N) is 1. The molecule has 2 aromatic rings. The van der Waals surface area contributed by atoms with E-state index >= 15 is 0 Å². The first-order valence-electron chi connectivity index (χ1n) is 9.38. The van der Waals surface area contributed by atoms with Gasteiger partial charge in [-0.3, -0.25) is 9.32 Å². The Bertz CT molecular complexity index is 886. The lowest BCUT2D eigenvalue weighted by Crippen LogP contribution is -2.52. The number of phosphoric ester groups is 1. The quantitative estimate of drug-likeness (QED) is 0.489. The van der Waals surface area contributed by atoms with Gasteiger partial charge in [-0.2, -0.15) is 4.98 Å². The van der Waals surface area contributed by atoms with Crippen LogP contribution in [-0.4, -0.2) is 38.0 Å². The van der Waals surface area contributed by atoms with Gasteiger partial charge >= 0.3 is 7.82 Å². The summed E-state index contributed by atoms with van der Waals surface area (Å²) >= 11 is 0. The number of carbonyl (C=O) groups excluding carboxylic acids is 1. The van der Waals surface area contributed by atoms with Crippen molar-refractivity contribution in [2.75, 3.05) is 11.9 Å². The second-order valence-corrected chi connectivity index (χ2v) is 8.74. The van der Waals surface area contributed by atoms with Crippen LogP contribution in [-0.2, 0) is 13.9 Å². The minimum atomic E-state index is -4.72. The molecule has 5 N–H and O–H groups in total. The maximum absolute atomic E-state index is 12.3. The summed E-state index contributed by atoms with van der Waals surface area (Å²) in [5.41, 5.74) is 5.38. The molecule has 1 saturated carbocycles. The smallest absolute Gasteiger partial charge is 0.339 e. The molecule has 29 heavy (non-hydrogen) atoms. The summed E-state index contributed by atoms with van der Waals surface area (Å²) in [6, 6.07) is 6.80. The lowest BCUT2D eigenvalue weighted by atomic mass is 9.89.